The van der Waals surface area contributed by atoms with E-state index in [-0.39, 0.29) is 17.2 Å². The molecule has 2 fully saturated rings. The highest BCUT2D eigenvalue weighted by molar-refractivity contribution is 5.79. The molecule has 2 aromatic rings. The Bertz CT molecular complexity index is 782. The Hall–Kier alpha value is -2.21. The molecule has 1 aromatic heterocycles. The van der Waals surface area contributed by atoms with Crippen LogP contribution in [0.4, 0.5) is 0 Å². The number of carbonyl (C=O) groups excluding carboxylic acids is 1. The van der Waals surface area contributed by atoms with Crippen LogP contribution in [0.5, 0.6) is 0 Å². The third-order valence-corrected chi connectivity index (χ3v) is 5.65. The first kappa shape index (κ1) is 17.2. The number of hydrogen-bond donors (Lipinski definition) is 0. The molecule has 6 nitrogen and oxygen atoms in total. The van der Waals surface area contributed by atoms with Crippen LogP contribution in [-0.4, -0.2) is 52.4 Å². The minimum Gasteiger partial charge on any atom is -0.383 e. The lowest BCUT2D eigenvalue weighted by atomic mass is 9.95. The van der Waals surface area contributed by atoms with Gasteiger partial charge in [-0.2, -0.15) is 5.10 Å². The number of aryl methyl sites for hydroxylation is 1. The normalized spacial score (nSPS) is 21.4. The van der Waals surface area contributed by atoms with Crippen molar-refractivity contribution in [2.24, 2.45) is 0 Å². The number of likely N-dealkylation sites (tertiary alicyclic amines) is 1. The number of benzene rings is 1. The molecule has 1 saturated heterocycles. The minimum absolute atomic E-state index is 0.0330. The largest absolute Gasteiger partial charge is 0.383 e. The summed E-state index contributed by atoms with van der Waals surface area (Å²) >= 11 is 0. The summed E-state index contributed by atoms with van der Waals surface area (Å²) in [4.78, 5) is 19.2. The molecule has 0 radical (unpaired) electrons. The Morgan fingerprint density at radius 1 is 1.27 bits per heavy atom. The quantitative estimate of drug-likeness (QED) is 0.766. The van der Waals surface area contributed by atoms with Gasteiger partial charge in [-0.3, -0.25) is 4.79 Å². The van der Waals surface area contributed by atoms with E-state index >= 15 is 0 Å². The van der Waals surface area contributed by atoms with Crippen molar-refractivity contribution in [1.82, 2.24) is 19.7 Å². The molecule has 1 aliphatic carbocycles. The van der Waals surface area contributed by atoms with Crippen LogP contribution in [0.1, 0.15) is 49.3 Å². The molecule has 6 heteroatoms. The molecule has 0 unspecified atom stereocenters. The zero-order valence-corrected chi connectivity index (χ0v) is 15.5. The van der Waals surface area contributed by atoms with E-state index in [0.29, 0.717) is 26.1 Å². The third-order valence-electron chi connectivity index (χ3n) is 5.65. The van der Waals surface area contributed by atoms with Crippen LogP contribution >= 0.6 is 0 Å². The summed E-state index contributed by atoms with van der Waals surface area (Å²) in [5.74, 6) is 2.18. The van der Waals surface area contributed by atoms with Gasteiger partial charge in [0.1, 0.15) is 5.82 Å². The first-order valence-electron chi connectivity index (χ1n) is 9.45. The summed E-state index contributed by atoms with van der Waals surface area (Å²) in [7, 11) is 1.66. The highest BCUT2D eigenvalue weighted by atomic mass is 16.5. The summed E-state index contributed by atoms with van der Waals surface area (Å²) in [6.07, 6.45) is 2.70. The van der Waals surface area contributed by atoms with E-state index in [1.807, 2.05) is 15.6 Å². The fourth-order valence-electron chi connectivity index (χ4n) is 3.98. The Balaban J connectivity index is 1.60. The second-order valence-corrected chi connectivity index (χ2v) is 7.29. The average Bonchev–Trinajstić information content (AvgIpc) is 3.23. The zero-order valence-electron chi connectivity index (χ0n) is 15.5. The monoisotopic (exact) mass is 354 g/mol. The van der Waals surface area contributed by atoms with Crippen LogP contribution in [0.25, 0.3) is 0 Å². The van der Waals surface area contributed by atoms with E-state index in [4.69, 9.17) is 14.8 Å². The van der Waals surface area contributed by atoms with Crippen LogP contribution in [0.3, 0.4) is 0 Å². The standard InChI is InChI=1S/C20H26N4O2/c1-3-24-18(15-13-17(25)23(14-15)11-12-26-2)21-19(22-24)20(9-10-20)16-7-5-4-6-8-16/h4-8,15H,3,9-14H2,1-2H3/t15-/m1/s1. The van der Waals surface area contributed by atoms with Crippen molar-refractivity contribution in [3.05, 3.63) is 47.5 Å². The molecule has 26 heavy (non-hydrogen) atoms. The van der Waals surface area contributed by atoms with Crippen LogP contribution < -0.4 is 0 Å². The number of aromatic nitrogens is 3. The number of rotatable bonds is 7. The third kappa shape index (κ3) is 2.92. The fraction of sp³-hybridized carbons (Fsp3) is 0.550. The second kappa shape index (κ2) is 6.83. The molecular weight excluding hydrogens is 328 g/mol. The van der Waals surface area contributed by atoms with Crippen molar-refractivity contribution in [3.63, 3.8) is 0 Å². The number of nitrogens with zero attached hydrogens (tertiary/aromatic N) is 4. The molecule has 1 amide bonds. The Labute approximate surface area is 154 Å². The molecule has 0 bridgehead atoms. The van der Waals surface area contributed by atoms with Crippen molar-refractivity contribution in [2.75, 3.05) is 26.8 Å². The minimum atomic E-state index is -0.0330. The number of methoxy groups -OCH3 is 1. The number of hydrogen-bond acceptors (Lipinski definition) is 4. The smallest absolute Gasteiger partial charge is 0.223 e. The lowest BCUT2D eigenvalue weighted by Crippen LogP contribution is -2.28. The molecule has 0 spiro atoms. The lowest BCUT2D eigenvalue weighted by molar-refractivity contribution is -0.128. The van der Waals surface area contributed by atoms with Gasteiger partial charge in [0, 0.05) is 39.1 Å². The molecule has 138 valence electrons. The maximum absolute atomic E-state index is 12.3. The van der Waals surface area contributed by atoms with E-state index in [9.17, 15) is 4.79 Å². The molecule has 2 heterocycles. The van der Waals surface area contributed by atoms with Gasteiger partial charge in [0.05, 0.1) is 12.0 Å². The second-order valence-electron chi connectivity index (χ2n) is 7.29. The van der Waals surface area contributed by atoms with Gasteiger partial charge in [-0.25, -0.2) is 9.67 Å². The maximum atomic E-state index is 12.3. The summed E-state index contributed by atoms with van der Waals surface area (Å²) in [6.45, 7) is 4.78. The lowest BCUT2D eigenvalue weighted by Gasteiger charge is -2.15. The number of ether oxygens (including phenoxy) is 1. The van der Waals surface area contributed by atoms with Gasteiger partial charge >= 0.3 is 0 Å². The zero-order chi connectivity index (χ0) is 18.1. The molecular formula is C20H26N4O2. The van der Waals surface area contributed by atoms with Crippen LogP contribution in [0.2, 0.25) is 0 Å². The SMILES string of the molecule is CCn1nc(C2(c3ccccc3)CC2)nc1[C@@H]1CC(=O)N(CCOC)C1. The van der Waals surface area contributed by atoms with E-state index in [2.05, 4.69) is 31.2 Å². The van der Waals surface area contributed by atoms with Gasteiger partial charge < -0.3 is 9.64 Å². The first-order valence-corrected chi connectivity index (χ1v) is 9.45. The summed E-state index contributed by atoms with van der Waals surface area (Å²) in [5.41, 5.74) is 1.26. The first-order chi connectivity index (χ1) is 12.7. The molecule has 4 rings (SSSR count). The summed E-state index contributed by atoms with van der Waals surface area (Å²) in [6, 6.07) is 10.5. The van der Waals surface area contributed by atoms with E-state index < -0.39 is 0 Å². The van der Waals surface area contributed by atoms with Gasteiger partial charge in [-0.1, -0.05) is 30.3 Å². The predicted octanol–water partition coefficient (Wildman–Crippen LogP) is 2.34. The number of carbonyl (C=O) groups is 1. The molecule has 1 aliphatic heterocycles. The van der Waals surface area contributed by atoms with Crippen molar-refractivity contribution < 1.29 is 9.53 Å². The van der Waals surface area contributed by atoms with E-state index in [1.54, 1.807) is 7.11 Å². The molecule has 1 aromatic carbocycles. The van der Waals surface area contributed by atoms with Crippen molar-refractivity contribution in [1.29, 1.82) is 0 Å². The van der Waals surface area contributed by atoms with Crippen LogP contribution in [0, 0.1) is 0 Å². The fourth-order valence-corrected chi connectivity index (χ4v) is 3.98. The van der Waals surface area contributed by atoms with E-state index in [0.717, 1.165) is 31.0 Å². The highest BCUT2D eigenvalue weighted by Crippen LogP contribution is 2.52. The maximum Gasteiger partial charge on any atom is 0.223 e. The summed E-state index contributed by atoms with van der Waals surface area (Å²) in [5, 5.41) is 4.85. The van der Waals surface area contributed by atoms with Crippen LogP contribution in [0.15, 0.2) is 30.3 Å². The van der Waals surface area contributed by atoms with Gasteiger partial charge in [0.25, 0.3) is 0 Å². The molecule has 1 saturated carbocycles. The topological polar surface area (TPSA) is 60.2 Å². The summed E-state index contributed by atoms with van der Waals surface area (Å²) < 4.78 is 7.11. The average molecular weight is 354 g/mol. The predicted molar refractivity (Wildman–Crippen MR) is 98.0 cm³/mol. The van der Waals surface area contributed by atoms with Gasteiger partial charge in [0.15, 0.2) is 5.82 Å². The molecule has 0 N–H and O–H groups in total. The highest BCUT2D eigenvalue weighted by Gasteiger charge is 2.50. The van der Waals surface area contributed by atoms with Crippen molar-refractivity contribution >= 4 is 5.91 Å². The number of amides is 1. The van der Waals surface area contributed by atoms with Crippen LogP contribution in [-0.2, 0) is 21.5 Å². The molecule has 2 aliphatic rings. The van der Waals surface area contributed by atoms with Gasteiger partial charge in [-0.15, -0.1) is 0 Å². The van der Waals surface area contributed by atoms with Gasteiger partial charge in [-0.05, 0) is 25.3 Å². The van der Waals surface area contributed by atoms with Crippen molar-refractivity contribution in [3.8, 4) is 0 Å². The Kier molecular flexibility index (Phi) is 4.53. The van der Waals surface area contributed by atoms with E-state index in [1.165, 1.54) is 5.56 Å². The Morgan fingerprint density at radius 3 is 2.69 bits per heavy atom. The van der Waals surface area contributed by atoms with Gasteiger partial charge in [0.2, 0.25) is 5.91 Å². The Morgan fingerprint density at radius 2 is 2.04 bits per heavy atom. The van der Waals surface area contributed by atoms with Crippen molar-refractivity contribution in [2.45, 2.75) is 44.1 Å². The molecule has 1 atom stereocenters.